The lowest BCUT2D eigenvalue weighted by Gasteiger charge is -2.24. The van der Waals surface area contributed by atoms with Crippen LogP contribution in [0.5, 0.6) is 0 Å². The predicted molar refractivity (Wildman–Crippen MR) is 59.2 cm³/mol. The van der Waals surface area contributed by atoms with Gasteiger partial charge in [-0.3, -0.25) is 4.68 Å². The van der Waals surface area contributed by atoms with E-state index in [0.29, 0.717) is 0 Å². The Hall–Kier alpha value is -1.85. The lowest BCUT2D eigenvalue weighted by molar-refractivity contribution is 0.449. The van der Waals surface area contributed by atoms with E-state index < -0.39 is 0 Å². The van der Waals surface area contributed by atoms with Crippen LogP contribution >= 0.6 is 0 Å². The molecule has 6 nitrogen and oxygen atoms in total. The van der Waals surface area contributed by atoms with Crippen LogP contribution in [0.2, 0.25) is 0 Å². The van der Waals surface area contributed by atoms with Crippen molar-refractivity contribution in [1.82, 2.24) is 24.5 Å². The molecule has 1 aliphatic rings. The second-order valence-electron chi connectivity index (χ2n) is 4.04. The molecule has 3 heterocycles. The minimum atomic E-state index is 0.241. The van der Waals surface area contributed by atoms with E-state index in [-0.39, 0.29) is 6.04 Å². The highest BCUT2D eigenvalue weighted by Crippen LogP contribution is 2.27. The molecule has 0 spiro atoms. The fourth-order valence-electron chi connectivity index (χ4n) is 2.20. The summed E-state index contributed by atoms with van der Waals surface area (Å²) >= 11 is 0. The van der Waals surface area contributed by atoms with Gasteiger partial charge in [0.15, 0.2) is 0 Å². The number of rotatable bonds is 1. The van der Waals surface area contributed by atoms with Gasteiger partial charge in [0.1, 0.15) is 5.82 Å². The average Bonchev–Trinajstić information content (AvgIpc) is 2.82. The zero-order chi connectivity index (χ0) is 11.1. The summed E-state index contributed by atoms with van der Waals surface area (Å²) in [6.07, 6.45) is 2.83. The normalized spacial score (nSPS) is 19.2. The molecular formula is C10H14N6. The molecule has 1 atom stereocenters. The first kappa shape index (κ1) is 9.38. The number of anilines is 1. The van der Waals surface area contributed by atoms with Gasteiger partial charge in [-0.2, -0.15) is 15.2 Å². The van der Waals surface area contributed by atoms with Crippen molar-refractivity contribution in [3.63, 3.8) is 0 Å². The van der Waals surface area contributed by atoms with Crippen LogP contribution in [-0.4, -0.2) is 31.1 Å². The lowest BCUT2D eigenvalue weighted by Crippen LogP contribution is -2.26. The van der Waals surface area contributed by atoms with Crippen LogP contribution in [0.3, 0.4) is 0 Å². The third-order valence-corrected chi connectivity index (χ3v) is 2.93. The van der Waals surface area contributed by atoms with Crippen molar-refractivity contribution in [3.8, 4) is 0 Å². The van der Waals surface area contributed by atoms with Gasteiger partial charge < -0.3 is 5.32 Å². The molecule has 2 aromatic rings. The van der Waals surface area contributed by atoms with Gasteiger partial charge in [-0.25, -0.2) is 4.68 Å². The van der Waals surface area contributed by atoms with Gasteiger partial charge in [0, 0.05) is 19.8 Å². The Morgan fingerprint density at radius 3 is 3.12 bits per heavy atom. The summed E-state index contributed by atoms with van der Waals surface area (Å²) in [6, 6.07) is 2.28. The minimum Gasteiger partial charge on any atom is -0.354 e. The molecule has 0 bridgehead atoms. The largest absolute Gasteiger partial charge is 0.354 e. The summed E-state index contributed by atoms with van der Waals surface area (Å²) in [6.45, 7) is 2.83. The van der Waals surface area contributed by atoms with Gasteiger partial charge >= 0.3 is 0 Å². The van der Waals surface area contributed by atoms with Crippen LogP contribution in [-0.2, 0) is 7.05 Å². The van der Waals surface area contributed by atoms with E-state index in [1.54, 1.807) is 0 Å². The van der Waals surface area contributed by atoms with Crippen LogP contribution < -0.4 is 5.32 Å². The molecule has 1 unspecified atom stereocenters. The number of hydrogen-bond donors (Lipinski definition) is 1. The predicted octanol–water partition coefficient (Wildman–Crippen LogP) is 0.725. The van der Waals surface area contributed by atoms with Crippen LogP contribution in [0.25, 0.3) is 0 Å². The molecule has 1 aliphatic heterocycles. The number of hydrogen-bond acceptors (Lipinski definition) is 4. The van der Waals surface area contributed by atoms with Crippen molar-refractivity contribution in [2.75, 3.05) is 11.9 Å². The van der Waals surface area contributed by atoms with Crippen LogP contribution in [0.1, 0.15) is 24.0 Å². The van der Waals surface area contributed by atoms with Crippen molar-refractivity contribution in [3.05, 3.63) is 23.8 Å². The van der Waals surface area contributed by atoms with Crippen molar-refractivity contribution >= 4 is 5.95 Å². The Kier molecular flexibility index (Phi) is 1.95. The Labute approximate surface area is 93.3 Å². The molecule has 6 heteroatoms. The first-order valence-corrected chi connectivity index (χ1v) is 5.40. The molecular weight excluding hydrogens is 204 g/mol. The Morgan fingerprint density at radius 2 is 2.38 bits per heavy atom. The smallest absolute Gasteiger partial charge is 0.222 e. The molecule has 84 valence electrons. The Bertz CT molecular complexity index is 511. The zero-order valence-electron chi connectivity index (χ0n) is 9.38. The topological polar surface area (TPSA) is 60.6 Å². The van der Waals surface area contributed by atoms with Crippen molar-refractivity contribution < 1.29 is 0 Å². The standard InChI is InChI=1S/C10H14N6/c1-7-13-10-11-5-3-9(16(10)14-7)8-4-6-12-15(8)2/h4,6,9H,3,5H2,1-2H3,(H,11,13,14). The van der Waals surface area contributed by atoms with Gasteiger partial charge in [-0.15, -0.1) is 0 Å². The lowest BCUT2D eigenvalue weighted by atomic mass is 10.1. The average molecular weight is 218 g/mol. The first-order chi connectivity index (χ1) is 7.75. The molecule has 0 aromatic carbocycles. The van der Waals surface area contributed by atoms with Crippen LogP contribution in [0.15, 0.2) is 12.3 Å². The summed E-state index contributed by atoms with van der Waals surface area (Å²) < 4.78 is 3.85. The second-order valence-corrected chi connectivity index (χ2v) is 4.04. The number of fused-ring (bicyclic) bond motifs is 1. The molecule has 1 N–H and O–H groups in total. The summed E-state index contributed by atoms with van der Waals surface area (Å²) in [5.41, 5.74) is 1.17. The summed E-state index contributed by atoms with van der Waals surface area (Å²) in [4.78, 5) is 4.35. The molecule has 2 aromatic heterocycles. The molecule has 0 saturated heterocycles. The number of aromatic nitrogens is 5. The van der Waals surface area contributed by atoms with Gasteiger partial charge in [-0.05, 0) is 19.4 Å². The molecule has 0 saturated carbocycles. The highest BCUT2D eigenvalue weighted by Gasteiger charge is 2.25. The number of aryl methyl sites for hydroxylation is 2. The molecule has 16 heavy (non-hydrogen) atoms. The number of nitrogens with zero attached hydrogens (tertiary/aromatic N) is 5. The molecule has 0 fully saturated rings. The van der Waals surface area contributed by atoms with E-state index >= 15 is 0 Å². The van der Waals surface area contributed by atoms with Crippen molar-refractivity contribution in [1.29, 1.82) is 0 Å². The Morgan fingerprint density at radius 1 is 1.50 bits per heavy atom. The molecule has 0 aliphatic carbocycles. The van der Waals surface area contributed by atoms with Gasteiger partial charge in [0.2, 0.25) is 5.95 Å². The van der Waals surface area contributed by atoms with Crippen LogP contribution in [0.4, 0.5) is 5.95 Å². The molecule has 3 rings (SSSR count). The van der Waals surface area contributed by atoms with E-state index in [4.69, 9.17) is 0 Å². The summed E-state index contributed by atoms with van der Waals surface area (Å²) in [5.74, 6) is 1.66. The third kappa shape index (κ3) is 1.30. The highest BCUT2D eigenvalue weighted by atomic mass is 15.4. The van der Waals surface area contributed by atoms with E-state index in [1.807, 2.05) is 35.6 Å². The fourth-order valence-corrected chi connectivity index (χ4v) is 2.20. The SMILES string of the molecule is Cc1nc2n(n1)C(c1ccnn1C)CCN2. The maximum absolute atomic E-state index is 4.43. The fraction of sp³-hybridized carbons (Fsp3) is 0.500. The second kappa shape index (κ2) is 3.33. The van der Waals surface area contributed by atoms with Crippen LogP contribution in [0, 0.1) is 6.92 Å². The Balaban J connectivity index is 2.08. The van der Waals surface area contributed by atoms with E-state index in [0.717, 1.165) is 24.7 Å². The monoisotopic (exact) mass is 218 g/mol. The first-order valence-electron chi connectivity index (χ1n) is 5.40. The molecule has 0 amide bonds. The maximum Gasteiger partial charge on any atom is 0.222 e. The number of nitrogens with one attached hydrogen (secondary N) is 1. The van der Waals surface area contributed by atoms with Gasteiger partial charge in [0.05, 0.1) is 11.7 Å². The summed E-state index contributed by atoms with van der Waals surface area (Å²) in [5, 5.41) is 11.9. The van der Waals surface area contributed by atoms with Gasteiger partial charge in [0.25, 0.3) is 0 Å². The van der Waals surface area contributed by atoms with E-state index in [9.17, 15) is 0 Å². The van der Waals surface area contributed by atoms with E-state index in [1.165, 1.54) is 5.69 Å². The van der Waals surface area contributed by atoms with Crippen molar-refractivity contribution in [2.45, 2.75) is 19.4 Å². The summed E-state index contributed by atoms with van der Waals surface area (Å²) in [7, 11) is 1.96. The maximum atomic E-state index is 4.43. The minimum absolute atomic E-state index is 0.241. The van der Waals surface area contributed by atoms with Gasteiger partial charge in [-0.1, -0.05) is 0 Å². The quantitative estimate of drug-likeness (QED) is 0.766. The third-order valence-electron chi connectivity index (χ3n) is 2.93. The highest BCUT2D eigenvalue weighted by molar-refractivity contribution is 5.30. The van der Waals surface area contributed by atoms with Crippen molar-refractivity contribution in [2.24, 2.45) is 7.05 Å². The zero-order valence-corrected chi connectivity index (χ0v) is 9.38. The van der Waals surface area contributed by atoms with E-state index in [2.05, 4.69) is 20.5 Å². The molecule has 0 radical (unpaired) electrons.